The summed E-state index contributed by atoms with van der Waals surface area (Å²) in [5.74, 6) is -0.352. The minimum Gasteiger partial charge on any atom is -0.465 e. The van der Waals surface area contributed by atoms with E-state index in [0.717, 1.165) is 25.7 Å². The highest BCUT2D eigenvalue weighted by Gasteiger charge is 2.22. The highest BCUT2D eigenvalue weighted by atomic mass is 16.5. The van der Waals surface area contributed by atoms with E-state index >= 15 is 0 Å². The Kier molecular flexibility index (Phi) is 4.55. The fraction of sp³-hybridized carbons (Fsp3) is 0.467. The molecule has 1 aromatic rings. The Balaban J connectivity index is 2.09. The molecule has 1 aliphatic rings. The molecule has 0 saturated heterocycles. The number of rotatable bonds is 3. The lowest BCUT2D eigenvalue weighted by Crippen LogP contribution is -2.25. The van der Waals surface area contributed by atoms with Crippen molar-refractivity contribution in [1.82, 2.24) is 0 Å². The standard InChI is InChI=1S/C15H19NO3/c1-19-15(18)12-9-5-6-10-13(12)16-14(17)11-7-3-2-4-8-11/h5-6,9-11H,2-4,7-8H2,1H3,(H,16,17). The monoisotopic (exact) mass is 261 g/mol. The van der Waals surface area contributed by atoms with Crippen LogP contribution in [-0.4, -0.2) is 19.0 Å². The Hall–Kier alpha value is -1.84. The van der Waals surface area contributed by atoms with Crippen LogP contribution in [0, 0.1) is 5.92 Å². The number of esters is 1. The Labute approximate surface area is 113 Å². The molecule has 0 spiro atoms. The van der Waals surface area contributed by atoms with Crippen LogP contribution in [-0.2, 0) is 9.53 Å². The average molecular weight is 261 g/mol. The van der Waals surface area contributed by atoms with E-state index in [2.05, 4.69) is 5.32 Å². The highest BCUT2D eigenvalue weighted by Crippen LogP contribution is 2.25. The maximum Gasteiger partial charge on any atom is 0.339 e. The number of carbonyl (C=O) groups excluding carboxylic acids is 2. The number of nitrogens with one attached hydrogen (secondary N) is 1. The van der Waals surface area contributed by atoms with Gasteiger partial charge < -0.3 is 10.1 Å². The van der Waals surface area contributed by atoms with Crippen molar-refractivity contribution < 1.29 is 14.3 Å². The zero-order valence-electron chi connectivity index (χ0n) is 11.1. The number of ether oxygens (including phenoxy) is 1. The van der Waals surface area contributed by atoms with Gasteiger partial charge in [-0.2, -0.15) is 0 Å². The fourth-order valence-electron chi connectivity index (χ4n) is 2.48. The van der Waals surface area contributed by atoms with Gasteiger partial charge >= 0.3 is 5.97 Å². The quantitative estimate of drug-likeness (QED) is 0.851. The third-order valence-corrected chi connectivity index (χ3v) is 3.57. The molecule has 4 heteroatoms. The summed E-state index contributed by atoms with van der Waals surface area (Å²) in [6, 6.07) is 6.93. The molecule has 1 fully saturated rings. The van der Waals surface area contributed by atoms with E-state index in [1.165, 1.54) is 13.5 Å². The predicted octanol–water partition coefficient (Wildman–Crippen LogP) is 2.99. The molecule has 102 valence electrons. The van der Waals surface area contributed by atoms with Crippen LogP contribution in [0.1, 0.15) is 42.5 Å². The second-order valence-corrected chi connectivity index (χ2v) is 4.86. The molecular weight excluding hydrogens is 242 g/mol. The van der Waals surface area contributed by atoms with Gasteiger partial charge in [0.25, 0.3) is 0 Å². The van der Waals surface area contributed by atoms with Gasteiger partial charge in [0, 0.05) is 5.92 Å². The van der Waals surface area contributed by atoms with E-state index in [1.807, 2.05) is 0 Å². The number of hydrogen-bond acceptors (Lipinski definition) is 3. The lowest BCUT2D eigenvalue weighted by Gasteiger charge is -2.21. The second-order valence-electron chi connectivity index (χ2n) is 4.86. The molecule has 0 radical (unpaired) electrons. The van der Waals surface area contributed by atoms with Crippen molar-refractivity contribution in [2.45, 2.75) is 32.1 Å². The van der Waals surface area contributed by atoms with E-state index < -0.39 is 5.97 Å². The second kappa shape index (κ2) is 6.36. The molecule has 0 unspecified atom stereocenters. The Morgan fingerprint density at radius 3 is 2.53 bits per heavy atom. The fourth-order valence-corrected chi connectivity index (χ4v) is 2.48. The molecule has 0 bridgehead atoms. The van der Waals surface area contributed by atoms with Gasteiger partial charge in [0.15, 0.2) is 0 Å². The van der Waals surface area contributed by atoms with Crippen molar-refractivity contribution in [2.24, 2.45) is 5.92 Å². The molecular formula is C15H19NO3. The molecule has 1 aromatic carbocycles. The predicted molar refractivity (Wildman–Crippen MR) is 73.0 cm³/mol. The number of carbonyl (C=O) groups is 2. The number of methoxy groups -OCH3 is 1. The summed E-state index contributed by atoms with van der Waals surface area (Å²) in [6.07, 6.45) is 5.30. The molecule has 0 aromatic heterocycles. The molecule has 4 nitrogen and oxygen atoms in total. The molecule has 1 aliphatic carbocycles. The molecule has 0 atom stereocenters. The van der Waals surface area contributed by atoms with Crippen LogP contribution in [0.3, 0.4) is 0 Å². The van der Waals surface area contributed by atoms with Crippen LogP contribution in [0.15, 0.2) is 24.3 Å². The smallest absolute Gasteiger partial charge is 0.339 e. The van der Waals surface area contributed by atoms with Crippen molar-refractivity contribution >= 4 is 17.6 Å². The molecule has 1 N–H and O–H groups in total. The molecule has 19 heavy (non-hydrogen) atoms. The SMILES string of the molecule is COC(=O)c1ccccc1NC(=O)C1CCCCC1. The van der Waals surface area contributed by atoms with Crippen molar-refractivity contribution in [1.29, 1.82) is 0 Å². The molecule has 0 heterocycles. The van der Waals surface area contributed by atoms with Crippen LogP contribution >= 0.6 is 0 Å². The third kappa shape index (κ3) is 3.34. The highest BCUT2D eigenvalue weighted by molar-refractivity contribution is 6.01. The zero-order valence-corrected chi connectivity index (χ0v) is 11.1. The first kappa shape index (κ1) is 13.6. The van der Waals surface area contributed by atoms with Gasteiger partial charge in [-0.15, -0.1) is 0 Å². The van der Waals surface area contributed by atoms with Gasteiger partial charge in [-0.05, 0) is 25.0 Å². The van der Waals surface area contributed by atoms with Crippen LogP contribution in [0.5, 0.6) is 0 Å². The Morgan fingerprint density at radius 2 is 1.84 bits per heavy atom. The van der Waals surface area contributed by atoms with Crippen LogP contribution < -0.4 is 5.32 Å². The topological polar surface area (TPSA) is 55.4 Å². The third-order valence-electron chi connectivity index (χ3n) is 3.57. The van der Waals surface area contributed by atoms with Gasteiger partial charge in [-0.3, -0.25) is 4.79 Å². The van der Waals surface area contributed by atoms with Crippen molar-refractivity contribution in [3.05, 3.63) is 29.8 Å². The van der Waals surface area contributed by atoms with E-state index in [1.54, 1.807) is 24.3 Å². The van der Waals surface area contributed by atoms with E-state index in [4.69, 9.17) is 4.74 Å². The summed E-state index contributed by atoms with van der Waals surface area (Å²) in [4.78, 5) is 23.8. The minimum absolute atomic E-state index is 0.0102. The first-order valence-corrected chi connectivity index (χ1v) is 6.70. The minimum atomic E-state index is -0.431. The summed E-state index contributed by atoms with van der Waals surface area (Å²) in [7, 11) is 1.34. The largest absolute Gasteiger partial charge is 0.465 e. The van der Waals surface area contributed by atoms with Crippen molar-refractivity contribution in [3.63, 3.8) is 0 Å². The maximum absolute atomic E-state index is 12.2. The Morgan fingerprint density at radius 1 is 1.16 bits per heavy atom. The number of anilines is 1. The molecule has 2 rings (SSSR count). The van der Waals surface area contributed by atoms with Crippen LogP contribution in [0.25, 0.3) is 0 Å². The first-order valence-electron chi connectivity index (χ1n) is 6.70. The van der Waals surface area contributed by atoms with Crippen molar-refractivity contribution in [2.75, 3.05) is 12.4 Å². The molecule has 1 amide bonds. The van der Waals surface area contributed by atoms with Gasteiger partial charge in [-0.1, -0.05) is 31.4 Å². The van der Waals surface area contributed by atoms with E-state index in [-0.39, 0.29) is 11.8 Å². The number of amides is 1. The summed E-state index contributed by atoms with van der Waals surface area (Å²) >= 11 is 0. The maximum atomic E-state index is 12.2. The van der Waals surface area contributed by atoms with Gasteiger partial charge in [-0.25, -0.2) is 4.79 Å². The van der Waals surface area contributed by atoms with Gasteiger partial charge in [0.2, 0.25) is 5.91 Å². The van der Waals surface area contributed by atoms with E-state index in [0.29, 0.717) is 11.3 Å². The lowest BCUT2D eigenvalue weighted by molar-refractivity contribution is -0.120. The normalized spacial score (nSPS) is 15.8. The number of para-hydroxylation sites is 1. The summed E-state index contributed by atoms with van der Waals surface area (Å²) in [5, 5.41) is 2.86. The molecule has 1 saturated carbocycles. The summed E-state index contributed by atoms with van der Waals surface area (Å²) in [6.45, 7) is 0. The Bertz CT molecular complexity index is 464. The van der Waals surface area contributed by atoms with Crippen molar-refractivity contribution in [3.8, 4) is 0 Å². The van der Waals surface area contributed by atoms with Crippen LogP contribution in [0.4, 0.5) is 5.69 Å². The number of hydrogen-bond donors (Lipinski definition) is 1. The zero-order chi connectivity index (χ0) is 13.7. The van der Waals surface area contributed by atoms with E-state index in [9.17, 15) is 9.59 Å². The van der Waals surface area contributed by atoms with Gasteiger partial charge in [0.1, 0.15) is 0 Å². The average Bonchev–Trinajstić information content (AvgIpc) is 2.48. The lowest BCUT2D eigenvalue weighted by atomic mass is 9.88. The summed E-state index contributed by atoms with van der Waals surface area (Å²) in [5.41, 5.74) is 0.930. The number of benzene rings is 1. The van der Waals surface area contributed by atoms with Gasteiger partial charge in [0.05, 0.1) is 18.4 Å². The van der Waals surface area contributed by atoms with Crippen LogP contribution in [0.2, 0.25) is 0 Å². The first-order chi connectivity index (χ1) is 9.22. The summed E-state index contributed by atoms with van der Waals surface area (Å²) < 4.78 is 4.71. The molecule has 0 aliphatic heterocycles.